The molecule has 3 heterocycles. The first-order valence-corrected chi connectivity index (χ1v) is 7.52. The summed E-state index contributed by atoms with van der Waals surface area (Å²) in [6, 6.07) is 9.73. The molecule has 0 N–H and O–H groups in total. The molecule has 0 radical (unpaired) electrons. The quantitative estimate of drug-likeness (QED) is 0.859. The number of imidazole rings is 1. The van der Waals surface area contributed by atoms with Crippen molar-refractivity contribution in [2.24, 2.45) is 0 Å². The smallest absolute Gasteiger partial charge is 0.112 e. The molecular weight excluding hydrogens is 250 g/mol. The first-order valence-electron chi connectivity index (χ1n) is 7.52. The van der Waals surface area contributed by atoms with E-state index in [0.717, 1.165) is 31.8 Å². The Morgan fingerprint density at radius 3 is 2.55 bits per heavy atom. The van der Waals surface area contributed by atoms with Gasteiger partial charge < -0.3 is 9.30 Å². The van der Waals surface area contributed by atoms with E-state index >= 15 is 0 Å². The average Bonchev–Trinajstić information content (AvgIpc) is 2.70. The molecule has 2 aromatic rings. The molecule has 0 saturated carbocycles. The fraction of sp³-hybridized carbons (Fsp3) is 0.562. The molecule has 4 nitrogen and oxygen atoms in total. The Morgan fingerprint density at radius 2 is 1.90 bits per heavy atom. The Kier molecular flexibility index (Phi) is 2.82. The summed E-state index contributed by atoms with van der Waals surface area (Å²) < 4.78 is 7.76. The Labute approximate surface area is 119 Å². The number of fused-ring (bicyclic) bond motifs is 1. The van der Waals surface area contributed by atoms with Crippen LogP contribution >= 0.6 is 0 Å². The van der Waals surface area contributed by atoms with E-state index < -0.39 is 0 Å². The molecule has 0 unspecified atom stereocenters. The third kappa shape index (κ3) is 1.79. The van der Waals surface area contributed by atoms with Crippen LogP contribution in [0.1, 0.15) is 31.6 Å². The van der Waals surface area contributed by atoms with Gasteiger partial charge in [0.05, 0.1) is 36.3 Å². The van der Waals surface area contributed by atoms with E-state index in [4.69, 9.17) is 9.72 Å². The highest BCUT2D eigenvalue weighted by molar-refractivity contribution is 5.76. The number of hydrogen-bond acceptors (Lipinski definition) is 3. The second-order valence-electron chi connectivity index (χ2n) is 6.28. The van der Waals surface area contributed by atoms with Gasteiger partial charge in [0.2, 0.25) is 0 Å². The molecule has 2 fully saturated rings. The van der Waals surface area contributed by atoms with Crippen molar-refractivity contribution in [1.29, 1.82) is 0 Å². The van der Waals surface area contributed by atoms with Crippen molar-refractivity contribution in [2.45, 2.75) is 31.8 Å². The van der Waals surface area contributed by atoms with E-state index in [9.17, 15) is 0 Å². The lowest BCUT2D eigenvalue weighted by atomic mass is 10.0. The largest absolute Gasteiger partial charge is 0.378 e. The van der Waals surface area contributed by atoms with Gasteiger partial charge in [0.15, 0.2) is 0 Å². The van der Waals surface area contributed by atoms with Crippen LogP contribution in [0.4, 0.5) is 0 Å². The van der Waals surface area contributed by atoms with Gasteiger partial charge in [0, 0.05) is 19.0 Å². The molecule has 0 amide bonds. The number of benzene rings is 1. The number of ether oxygens (including phenoxy) is 1. The van der Waals surface area contributed by atoms with E-state index in [1.807, 2.05) is 0 Å². The minimum absolute atomic E-state index is 0.462. The molecule has 2 aliphatic heterocycles. The van der Waals surface area contributed by atoms with Crippen LogP contribution in [0.2, 0.25) is 0 Å². The lowest BCUT2D eigenvalue weighted by Crippen LogP contribution is -2.59. The maximum Gasteiger partial charge on any atom is 0.112 e. The van der Waals surface area contributed by atoms with Crippen molar-refractivity contribution in [1.82, 2.24) is 14.5 Å². The molecule has 4 rings (SSSR count). The third-order valence-electron chi connectivity index (χ3n) is 4.53. The van der Waals surface area contributed by atoms with E-state index in [1.165, 1.54) is 11.3 Å². The Morgan fingerprint density at radius 1 is 1.15 bits per heavy atom. The second kappa shape index (κ2) is 4.57. The van der Waals surface area contributed by atoms with E-state index in [0.29, 0.717) is 18.0 Å². The summed E-state index contributed by atoms with van der Waals surface area (Å²) in [7, 11) is 0. The van der Waals surface area contributed by atoms with Crippen molar-refractivity contribution < 1.29 is 4.74 Å². The molecule has 0 aliphatic carbocycles. The summed E-state index contributed by atoms with van der Waals surface area (Å²) in [5.74, 6) is 1.68. The zero-order valence-electron chi connectivity index (χ0n) is 12.1. The zero-order valence-corrected chi connectivity index (χ0v) is 12.1. The van der Waals surface area contributed by atoms with Gasteiger partial charge in [0.1, 0.15) is 5.82 Å². The normalized spacial score (nSPS) is 21.4. The highest BCUT2D eigenvalue weighted by Crippen LogP contribution is 2.32. The van der Waals surface area contributed by atoms with Crippen LogP contribution in [0.5, 0.6) is 0 Å². The minimum Gasteiger partial charge on any atom is -0.378 e. The molecule has 2 saturated heterocycles. The highest BCUT2D eigenvalue weighted by atomic mass is 16.5. The molecule has 1 aromatic carbocycles. The van der Waals surface area contributed by atoms with Gasteiger partial charge in [-0.2, -0.15) is 0 Å². The molecule has 1 aromatic heterocycles. The third-order valence-corrected chi connectivity index (χ3v) is 4.53. The predicted octanol–water partition coefficient (Wildman–Crippen LogP) is 2.42. The monoisotopic (exact) mass is 271 g/mol. The van der Waals surface area contributed by atoms with E-state index in [-0.39, 0.29) is 0 Å². The Balaban J connectivity index is 1.66. The van der Waals surface area contributed by atoms with Gasteiger partial charge in [-0.25, -0.2) is 4.98 Å². The van der Waals surface area contributed by atoms with Gasteiger partial charge in [-0.3, -0.25) is 4.90 Å². The maximum absolute atomic E-state index is 5.29. The number of para-hydroxylation sites is 2. The van der Waals surface area contributed by atoms with Crippen LogP contribution < -0.4 is 0 Å². The Hall–Kier alpha value is -1.39. The lowest BCUT2D eigenvalue weighted by Gasteiger charge is -2.48. The van der Waals surface area contributed by atoms with Crippen LogP contribution in [0, 0.1) is 0 Å². The number of rotatable bonds is 3. The number of nitrogens with zero attached hydrogens (tertiary/aromatic N) is 3. The van der Waals surface area contributed by atoms with Crippen molar-refractivity contribution in [3.63, 3.8) is 0 Å². The fourth-order valence-electron chi connectivity index (χ4n) is 3.24. The summed E-state index contributed by atoms with van der Waals surface area (Å²) in [4.78, 5) is 7.37. The van der Waals surface area contributed by atoms with Crippen molar-refractivity contribution in [3.8, 4) is 0 Å². The van der Waals surface area contributed by atoms with Crippen LogP contribution in [0.15, 0.2) is 24.3 Å². The van der Waals surface area contributed by atoms with Crippen LogP contribution in [0.3, 0.4) is 0 Å². The summed E-state index contributed by atoms with van der Waals surface area (Å²) in [6.07, 6.45) is 0. The summed E-state index contributed by atoms with van der Waals surface area (Å²) in [5, 5.41) is 0. The first-order chi connectivity index (χ1) is 9.74. The molecule has 0 atom stereocenters. The average molecular weight is 271 g/mol. The highest BCUT2D eigenvalue weighted by Gasteiger charge is 2.38. The van der Waals surface area contributed by atoms with E-state index in [1.54, 1.807) is 0 Å². The van der Waals surface area contributed by atoms with Gasteiger partial charge >= 0.3 is 0 Å². The standard InChI is InChI=1S/C16H21N3O/c1-11(2)16-17-14-5-3-4-6-15(14)19(16)12-7-18(8-12)13-9-20-10-13/h3-6,11-13H,7-10H2,1-2H3. The molecule has 0 spiro atoms. The molecule has 4 heteroatoms. The number of likely N-dealkylation sites (tertiary alicyclic amines) is 1. The summed E-state index contributed by atoms with van der Waals surface area (Å²) in [5.41, 5.74) is 2.41. The number of aromatic nitrogens is 2. The maximum atomic E-state index is 5.29. The molecule has 20 heavy (non-hydrogen) atoms. The van der Waals surface area contributed by atoms with Gasteiger partial charge in [-0.15, -0.1) is 0 Å². The van der Waals surface area contributed by atoms with Crippen LogP contribution in [-0.2, 0) is 4.74 Å². The topological polar surface area (TPSA) is 30.3 Å². The van der Waals surface area contributed by atoms with Crippen LogP contribution in [0.25, 0.3) is 11.0 Å². The van der Waals surface area contributed by atoms with Crippen molar-refractivity contribution >= 4 is 11.0 Å². The molecule has 106 valence electrons. The SMILES string of the molecule is CC(C)c1nc2ccccc2n1C1CN(C2COC2)C1. The summed E-state index contributed by atoms with van der Waals surface area (Å²) >= 11 is 0. The predicted molar refractivity (Wildman–Crippen MR) is 79.0 cm³/mol. The molecular formula is C16H21N3O. The lowest BCUT2D eigenvalue weighted by molar-refractivity contribution is -0.0982. The molecule has 2 aliphatic rings. The summed E-state index contributed by atoms with van der Waals surface area (Å²) in [6.45, 7) is 8.55. The van der Waals surface area contributed by atoms with E-state index in [2.05, 4.69) is 47.6 Å². The number of hydrogen-bond donors (Lipinski definition) is 0. The fourth-order valence-corrected chi connectivity index (χ4v) is 3.24. The van der Waals surface area contributed by atoms with Crippen molar-refractivity contribution in [3.05, 3.63) is 30.1 Å². The Bertz CT molecular complexity index is 624. The first kappa shape index (κ1) is 12.4. The van der Waals surface area contributed by atoms with Crippen molar-refractivity contribution in [2.75, 3.05) is 26.3 Å². The van der Waals surface area contributed by atoms with Gasteiger partial charge in [-0.1, -0.05) is 26.0 Å². The second-order valence-corrected chi connectivity index (χ2v) is 6.28. The van der Waals surface area contributed by atoms with Crippen LogP contribution in [-0.4, -0.2) is 46.8 Å². The minimum atomic E-state index is 0.462. The van der Waals surface area contributed by atoms with Gasteiger partial charge in [0.25, 0.3) is 0 Å². The van der Waals surface area contributed by atoms with Gasteiger partial charge in [-0.05, 0) is 12.1 Å². The molecule has 0 bridgehead atoms. The zero-order chi connectivity index (χ0) is 13.7.